The van der Waals surface area contributed by atoms with E-state index in [-0.39, 0.29) is 5.91 Å². The van der Waals surface area contributed by atoms with Crippen LogP contribution in [0.5, 0.6) is 0 Å². The van der Waals surface area contributed by atoms with Crippen LogP contribution in [0, 0.1) is 5.92 Å². The average Bonchev–Trinajstić information content (AvgIpc) is 2.93. The number of nitrogens with one attached hydrogen (secondary N) is 1. The zero-order valence-corrected chi connectivity index (χ0v) is 14.2. The first-order valence-electron chi connectivity index (χ1n) is 9.01. The molecule has 2 aliphatic rings. The molecule has 1 N–H and O–H groups in total. The molecule has 0 spiro atoms. The van der Waals surface area contributed by atoms with Gasteiger partial charge in [-0.3, -0.25) is 4.79 Å². The number of fused-ring (bicyclic) bond motifs is 1. The topological polar surface area (TPSA) is 63.1 Å². The Morgan fingerprint density at radius 3 is 2.75 bits per heavy atom. The number of carbonyl (C=O) groups excluding carboxylic acids is 1. The van der Waals surface area contributed by atoms with Gasteiger partial charge in [0.25, 0.3) is 0 Å². The lowest BCUT2D eigenvalue weighted by Crippen LogP contribution is -2.41. The van der Waals surface area contributed by atoms with E-state index in [1.807, 2.05) is 17.8 Å². The molecule has 0 unspecified atom stereocenters. The highest BCUT2D eigenvalue weighted by atomic mass is 16.1. The standard InChI is InChI=1S/C18H25N5O/c1-22-8-7-15-17(22)19-12-20-18(15)23-9-5-13(6-10-23)11-16(24)21-14-3-2-4-14/h7-8,12-14H,2-6,9-11H2,1H3,(H,21,24). The highest BCUT2D eigenvalue weighted by Gasteiger charge is 2.25. The van der Waals surface area contributed by atoms with Gasteiger partial charge in [0.1, 0.15) is 17.8 Å². The number of anilines is 1. The van der Waals surface area contributed by atoms with Crippen LogP contribution in [0.4, 0.5) is 5.82 Å². The molecule has 24 heavy (non-hydrogen) atoms. The lowest BCUT2D eigenvalue weighted by molar-refractivity contribution is -0.123. The Morgan fingerprint density at radius 2 is 2.04 bits per heavy atom. The van der Waals surface area contributed by atoms with Gasteiger partial charge in [0, 0.05) is 38.8 Å². The van der Waals surface area contributed by atoms with Gasteiger partial charge in [-0.1, -0.05) is 0 Å². The molecule has 0 aromatic carbocycles. The lowest BCUT2D eigenvalue weighted by atomic mass is 9.90. The first-order valence-corrected chi connectivity index (χ1v) is 9.01. The summed E-state index contributed by atoms with van der Waals surface area (Å²) in [7, 11) is 2.01. The highest BCUT2D eigenvalue weighted by Crippen LogP contribution is 2.29. The second kappa shape index (κ2) is 6.42. The van der Waals surface area contributed by atoms with Crippen molar-refractivity contribution < 1.29 is 4.79 Å². The second-order valence-electron chi connectivity index (χ2n) is 7.19. The van der Waals surface area contributed by atoms with Crippen molar-refractivity contribution in [1.82, 2.24) is 19.9 Å². The minimum Gasteiger partial charge on any atom is -0.356 e. The average molecular weight is 327 g/mol. The van der Waals surface area contributed by atoms with Crippen LogP contribution in [-0.2, 0) is 11.8 Å². The molecule has 4 rings (SSSR count). The SMILES string of the molecule is Cn1ccc2c(N3CCC(CC(=O)NC4CCC4)CC3)ncnc21. The number of piperidine rings is 1. The van der Waals surface area contributed by atoms with Gasteiger partial charge in [-0.25, -0.2) is 9.97 Å². The maximum Gasteiger partial charge on any atom is 0.220 e. The summed E-state index contributed by atoms with van der Waals surface area (Å²) in [6.45, 7) is 1.92. The molecule has 3 heterocycles. The molecule has 6 nitrogen and oxygen atoms in total. The Labute approximate surface area is 142 Å². The molecular weight excluding hydrogens is 302 g/mol. The van der Waals surface area contributed by atoms with Crippen molar-refractivity contribution in [1.29, 1.82) is 0 Å². The number of aryl methyl sites for hydroxylation is 1. The number of hydrogen-bond donors (Lipinski definition) is 1. The fourth-order valence-electron chi connectivity index (χ4n) is 3.77. The van der Waals surface area contributed by atoms with Crippen molar-refractivity contribution in [2.45, 2.75) is 44.6 Å². The predicted molar refractivity (Wildman–Crippen MR) is 93.8 cm³/mol. The fourth-order valence-corrected chi connectivity index (χ4v) is 3.77. The van der Waals surface area contributed by atoms with E-state index in [9.17, 15) is 4.79 Å². The first-order chi connectivity index (χ1) is 11.7. The Bertz CT molecular complexity index is 728. The van der Waals surface area contributed by atoms with E-state index < -0.39 is 0 Å². The summed E-state index contributed by atoms with van der Waals surface area (Å²) in [4.78, 5) is 23.3. The van der Waals surface area contributed by atoms with Gasteiger partial charge in [-0.05, 0) is 44.1 Å². The Hall–Kier alpha value is -2.11. The third-order valence-electron chi connectivity index (χ3n) is 5.50. The third-order valence-corrected chi connectivity index (χ3v) is 5.50. The number of carbonyl (C=O) groups is 1. The van der Waals surface area contributed by atoms with Gasteiger partial charge in [0.05, 0.1) is 5.39 Å². The Morgan fingerprint density at radius 1 is 1.25 bits per heavy atom. The summed E-state index contributed by atoms with van der Waals surface area (Å²) in [6.07, 6.45) is 10.0. The molecule has 0 bridgehead atoms. The van der Waals surface area contributed by atoms with Crippen molar-refractivity contribution in [3.63, 3.8) is 0 Å². The van der Waals surface area contributed by atoms with Crippen LogP contribution in [0.1, 0.15) is 38.5 Å². The quantitative estimate of drug-likeness (QED) is 0.935. The van der Waals surface area contributed by atoms with E-state index in [0.29, 0.717) is 18.4 Å². The first kappa shape index (κ1) is 15.4. The van der Waals surface area contributed by atoms with E-state index in [4.69, 9.17) is 0 Å². The lowest BCUT2D eigenvalue weighted by Gasteiger charge is -2.33. The molecule has 128 valence electrons. The molecule has 2 fully saturated rings. The molecule has 1 saturated carbocycles. The number of rotatable bonds is 4. The molecule has 2 aromatic rings. The van der Waals surface area contributed by atoms with Crippen molar-refractivity contribution >= 4 is 22.8 Å². The highest BCUT2D eigenvalue weighted by molar-refractivity contribution is 5.87. The zero-order chi connectivity index (χ0) is 16.5. The van der Waals surface area contributed by atoms with Crippen LogP contribution in [0.2, 0.25) is 0 Å². The minimum absolute atomic E-state index is 0.241. The predicted octanol–water partition coefficient (Wildman–Crippen LogP) is 2.24. The van der Waals surface area contributed by atoms with E-state index >= 15 is 0 Å². The van der Waals surface area contributed by atoms with Crippen molar-refractivity contribution in [2.75, 3.05) is 18.0 Å². The summed E-state index contributed by atoms with van der Waals surface area (Å²) in [5.74, 6) is 1.76. The van der Waals surface area contributed by atoms with Crippen molar-refractivity contribution in [3.8, 4) is 0 Å². The number of nitrogens with zero attached hydrogens (tertiary/aromatic N) is 4. The van der Waals surface area contributed by atoms with Crippen LogP contribution in [-0.4, -0.2) is 39.6 Å². The number of aromatic nitrogens is 3. The normalized spacial score (nSPS) is 19.5. The smallest absolute Gasteiger partial charge is 0.220 e. The van der Waals surface area contributed by atoms with Gasteiger partial charge >= 0.3 is 0 Å². The summed E-state index contributed by atoms with van der Waals surface area (Å²) >= 11 is 0. The summed E-state index contributed by atoms with van der Waals surface area (Å²) in [5, 5.41) is 4.27. The molecule has 0 radical (unpaired) electrons. The minimum atomic E-state index is 0.241. The molecule has 2 aromatic heterocycles. The second-order valence-corrected chi connectivity index (χ2v) is 7.19. The largest absolute Gasteiger partial charge is 0.356 e. The van der Waals surface area contributed by atoms with Crippen LogP contribution in [0.3, 0.4) is 0 Å². The molecule has 1 aliphatic carbocycles. The third kappa shape index (κ3) is 2.97. The van der Waals surface area contributed by atoms with Crippen molar-refractivity contribution in [3.05, 3.63) is 18.6 Å². The van der Waals surface area contributed by atoms with Gasteiger partial charge < -0.3 is 14.8 Å². The maximum atomic E-state index is 12.1. The van der Waals surface area contributed by atoms with Crippen LogP contribution < -0.4 is 10.2 Å². The maximum absolute atomic E-state index is 12.1. The molecule has 1 amide bonds. The summed E-state index contributed by atoms with van der Waals surface area (Å²) in [5.41, 5.74) is 0.974. The molecule has 0 atom stereocenters. The van der Waals surface area contributed by atoms with E-state index in [0.717, 1.165) is 55.6 Å². The van der Waals surface area contributed by atoms with Gasteiger partial charge in [0.2, 0.25) is 5.91 Å². The Kier molecular flexibility index (Phi) is 4.12. The van der Waals surface area contributed by atoms with E-state index in [1.165, 1.54) is 6.42 Å². The number of amides is 1. The molecule has 1 aliphatic heterocycles. The van der Waals surface area contributed by atoms with Crippen LogP contribution in [0.15, 0.2) is 18.6 Å². The molecule has 1 saturated heterocycles. The number of hydrogen-bond acceptors (Lipinski definition) is 4. The zero-order valence-electron chi connectivity index (χ0n) is 14.2. The monoisotopic (exact) mass is 327 g/mol. The summed E-state index contributed by atoms with van der Waals surface area (Å²) in [6, 6.07) is 2.54. The summed E-state index contributed by atoms with van der Waals surface area (Å²) < 4.78 is 2.03. The van der Waals surface area contributed by atoms with Crippen molar-refractivity contribution in [2.24, 2.45) is 13.0 Å². The van der Waals surface area contributed by atoms with Gasteiger partial charge in [-0.2, -0.15) is 0 Å². The van der Waals surface area contributed by atoms with E-state index in [2.05, 4.69) is 26.3 Å². The Balaban J connectivity index is 1.36. The van der Waals surface area contributed by atoms with E-state index in [1.54, 1.807) is 6.33 Å². The van der Waals surface area contributed by atoms with Crippen LogP contribution >= 0.6 is 0 Å². The molecule has 6 heteroatoms. The van der Waals surface area contributed by atoms with Crippen LogP contribution in [0.25, 0.3) is 11.0 Å². The van der Waals surface area contributed by atoms with Gasteiger partial charge in [-0.15, -0.1) is 0 Å². The fraction of sp³-hybridized carbons (Fsp3) is 0.611. The molecular formula is C18H25N5O. The van der Waals surface area contributed by atoms with Gasteiger partial charge in [0.15, 0.2) is 0 Å².